The summed E-state index contributed by atoms with van der Waals surface area (Å²) in [4.78, 5) is 16.5. The first-order valence-corrected chi connectivity index (χ1v) is 7.05. The van der Waals surface area contributed by atoms with Crippen molar-refractivity contribution in [2.24, 2.45) is 5.73 Å². The topological polar surface area (TPSA) is 58.8 Å². The number of hydrogen-bond donors (Lipinski definition) is 1. The molecule has 1 aliphatic heterocycles. The number of nitrogens with two attached hydrogens (primary N) is 1. The minimum atomic E-state index is -0.565. The molecular formula is C14H18FN3O2S. The Morgan fingerprint density at radius 2 is 2.05 bits per heavy atom. The highest BCUT2D eigenvalue weighted by Crippen LogP contribution is 2.18. The van der Waals surface area contributed by atoms with Crippen LogP contribution in [0.15, 0.2) is 18.2 Å². The van der Waals surface area contributed by atoms with E-state index in [1.54, 1.807) is 11.0 Å². The molecule has 0 saturated carbocycles. The van der Waals surface area contributed by atoms with Gasteiger partial charge < -0.3 is 15.4 Å². The molecule has 1 aliphatic rings. The molecule has 0 bridgehead atoms. The number of thiocarbonyl (C=S) groups is 1. The largest absolute Gasteiger partial charge is 0.497 e. The summed E-state index contributed by atoms with van der Waals surface area (Å²) in [6, 6.07) is 4.26. The molecule has 2 rings (SSSR count). The molecule has 0 radical (unpaired) electrons. The van der Waals surface area contributed by atoms with Crippen LogP contribution in [0.25, 0.3) is 0 Å². The third-order valence-corrected chi connectivity index (χ3v) is 3.57. The van der Waals surface area contributed by atoms with Crippen molar-refractivity contribution in [2.75, 3.05) is 39.8 Å². The number of benzene rings is 1. The highest BCUT2D eigenvalue weighted by atomic mass is 32.1. The van der Waals surface area contributed by atoms with E-state index >= 15 is 0 Å². The standard InChI is InChI=1S/C14H18FN3O2S/c1-20-10-2-3-11(12(15)8-10)14(19)18-6-4-17(5-7-18)9-13(16)21/h2-3,8H,4-7,9H2,1H3,(H2,16,21). The second-order valence-electron chi connectivity index (χ2n) is 4.88. The summed E-state index contributed by atoms with van der Waals surface area (Å²) in [5.74, 6) is -0.472. The van der Waals surface area contributed by atoms with Gasteiger partial charge in [-0.2, -0.15) is 0 Å². The Bertz CT molecular complexity index is 545. The third kappa shape index (κ3) is 3.89. The summed E-state index contributed by atoms with van der Waals surface area (Å²) in [5.41, 5.74) is 5.57. The van der Waals surface area contributed by atoms with Gasteiger partial charge in [-0.25, -0.2) is 4.39 Å². The fraction of sp³-hybridized carbons (Fsp3) is 0.429. The molecule has 1 saturated heterocycles. The first kappa shape index (κ1) is 15.7. The van der Waals surface area contributed by atoms with Crippen molar-refractivity contribution in [1.82, 2.24) is 9.80 Å². The molecule has 0 aromatic heterocycles. The van der Waals surface area contributed by atoms with Crippen molar-refractivity contribution in [3.63, 3.8) is 0 Å². The quantitative estimate of drug-likeness (QED) is 0.837. The molecule has 2 N–H and O–H groups in total. The molecule has 5 nitrogen and oxygen atoms in total. The molecule has 0 spiro atoms. The minimum absolute atomic E-state index is 0.0681. The van der Waals surface area contributed by atoms with Crippen LogP contribution in [-0.2, 0) is 0 Å². The van der Waals surface area contributed by atoms with E-state index in [0.717, 1.165) is 0 Å². The van der Waals surface area contributed by atoms with Crippen molar-refractivity contribution in [3.05, 3.63) is 29.6 Å². The molecule has 0 unspecified atom stereocenters. The number of nitrogens with zero attached hydrogens (tertiary/aromatic N) is 2. The van der Waals surface area contributed by atoms with E-state index in [-0.39, 0.29) is 11.5 Å². The first-order chi connectivity index (χ1) is 10.0. The number of carbonyl (C=O) groups is 1. The monoisotopic (exact) mass is 311 g/mol. The van der Waals surface area contributed by atoms with Gasteiger partial charge in [0.15, 0.2) is 0 Å². The number of carbonyl (C=O) groups excluding carboxylic acids is 1. The highest BCUT2D eigenvalue weighted by Gasteiger charge is 2.24. The average Bonchev–Trinajstić information content (AvgIpc) is 2.46. The molecular weight excluding hydrogens is 293 g/mol. The van der Waals surface area contributed by atoms with E-state index in [4.69, 9.17) is 22.7 Å². The number of halogens is 1. The van der Waals surface area contributed by atoms with E-state index in [2.05, 4.69) is 4.90 Å². The molecule has 7 heteroatoms. The number of ether oxygens (including phenoxy) is 1. The fourth-order valence-corrected chi connectivity index (χ4v) is 2.48. The zero-order valence-electron chi connectivity index (χ0n) is 11.8. The molecule has 1 aromatic carbocycles. The lowest BCUT2D eigenvalue weighted by atomic mass is 10.1. The molecule has 21 heavy (non-hydrogen) atoms. The van der Waals surface area contributed by atoms with Gasteiger partial charge in [0, 0.05) is 38.8 Å². The molecule has 1 fully saturated rings. The fourth-order valence-electron chi connectivity index (χ4n) is 2.30. The maximum atomic E-state index is 13.9. The van der Waals surface area contributed by atoms with Gasteiger partial charge >= 0.3 is 0 Å². The van der Waals surface area contributed by atoms with Gasteiger partial charge in [0.05, 0.1) is 17.7 Å². The Hall–Kier alpha value is -1.73. The Balaban J connectivity index is 2.00. The van der Waals surface area contributed by atoms with Gasteiger partial charge in [-0.1, -0.05) is 12.2 Å². The van der Waals surface area contributed by atoms with Gasteiger partial charge in [0.25, 0.3) is 5.91 Å². The lowest BCUT2D eigenvalue weighted by Gasteiger charge is -2.34. The van der Waals surface area contributed by atoms with E-state index in [9.17, 15) is 9.18 Å². The van der Waals surface area contributed by atoms with Crippen LogP contribution in [0.5, 0.6) is 5.75 Å². The van der Waals surface area contributed by atoms with Crippen molar-refractivity contribution in [3.8, 4) is 5.75 Å². The SMILES string of the molecule is COc1ccc(C(=O)N2CCN(CC(N)=S)CC2)c(F)c1. The maximum Gasteiger partial charge on any atom is 0.256 e. The van der Waals surface area contributed by atoms with Crippen LogP contribution >= 0.6 is 12.2 Å². The molecule has 1 amide bonds. The number of piperazine rings is 1. The summed E-state index contributed by atoms with van der Waals surface area (Å²) >= 11 is 4.87. The number of rotatable bonds is 4. The van der Waals surface area contributed by atoms with Crippen LogP contribution in [-0.4, -0.2) is 60.5 Å². The summed E-state index contributed by atoms with van der Waals surface area (Å²) in [6.45, 7) is 2.98. The van der Waals surface area contributed by atoms with Gasteiger partial charge in [-0.05, 0) is 12.1 Å². The van der Waals surface area contributed by atoms with Crippen LogP contribution in [0.3, 0.4) is 0 Å². The zero-order chi connectivity index (χ0) is 15.4. The Morgan fingerprint density at radius 1 is 1.38 bits per heavy atom. The summed E-state index contributed by atoms with van der Waals surface area (Å²) in [5, 5.41) is 0. The summed E-state index contributed by atoms with van der Waals surface area (Å²) in [7, 11) is 1.46. The molecule has 114 valence electrons. The number of methoxy groups -OCH3 is 1. The predicted molar refractivity (Wildman–Crippen MR) is 82.1 cm³/mol. The number of amides is 1. The minimum Gasteiger partial charge on any atom is -0.497 e. The van der Waals surface area contributed by atoms with Crippen LogP contribution in [0.2, 0.25) is 0 Å². The van der Waals surface area contributed by atoms with Gasteiger partial charge in [-0.15, -0.1) is 0 Å². The Kier molecular flexibility index (Phi) is 5.08. The zero-order valence-corrected chi connectivity index (χ0v) is 12.7. The second-order valence-corrected chi connectivity index (χ2v) is 5.40. The maximum absolute atomic E-state index is 13.9. The van der Waals surface area contributed by atoms with E-state index in [1.165, 1.54) is 19.2 Å². The van der Waals surface area contributed by atoms with Crippen molar-refractivity contribution in [2.45, 2.75) is 0 Å². The van der Waals surface area contributed by atoms with Crippen LogP contribution in [0.4, 0.5) is 4.39 Å². The normalized spacial score (nSPS) is 15.8. The second kappa shape index (κ2) is 6.82. The predicted octanol–water partition coefficient (Wildman–Crippen LogP) is 0.878. The van der Waals surface area contributed by atoms with E-state index in [1.807, 2.05) is 0 Å². The smallest absolute Gasteiger partial charge is 0.256 e. The lowest BCUT2D eigenvalue weighted by molar-refractivity contribution is 0.0650. The highest BCUT2D eigenvalue weighted by molar-refractivity contribution is 7.80. The summed E-state index contributed by atoms with van der Waals surface area (Å²) < 4.78 is 18.9. The lowest BCUT2D eigenvalue weighted by Crippen LogP contribution is -2.50. The van der Waals surface area contributed by atoms with Crippen molar-refractivity contribution in [1.29, 1.82) is 0 Å². The van der Waals surface area contributed by atoms with Gasteiger partial charge in [0.2, 0.25) is 0 Å². The summed E-state index contributed by atoms with van der Waals surface area (Å²) in [6.07, 6.45) is 0. The Labute approximate surface area is 128 Å². The van der Waals surface area contributed by atoms with Crippen molar-refractivity contribution >= 4 is 23.1 Å². The molecule has 0 atom stereocenters. The van der Waals surface area contributed by atoms with Crippen molar-refractivity contribution < 1.29 is 13.9 Å². The number of hydrogen-bond acceptors (Lipinski definition) is 4. The van der Waals surface area contributed by atoms with E-state index in [0.29, 0.717) is 43.5 Å². The van der Waals surface area contributed by atoms with Crippen LogP contribution < -0.4 is 10.5 Å². The van der Waals surface area contributed by atoms with E-state index < -0.39 is 5.82 Å². The first-order valence-electron chi connectivity index (χ1n) is 6.64. The van der Waals surface area contributed by atoms with Gasteiger partial charge in [0.1, 0.15) is 11.6 Å². The van der Waals surface area contributed by atoms with Gasteiger partial charge in [-0.3, -0.25) is 9.69 Å². The average molecular weight is 311 g/mol. The molecule has 0 aliphatic carbocycles. The molecule has 1 heterocycles. The Morgan fingerprint density at radius 3 is 2.57 bits per heavy atom. The van der Waals surface area contributed by atoms with Crippen LogP contribution in [0, 0.1) is 5.82 Å². The third-order valence-electron chi connectivity index (χ3n) is 3.45. The molecule has 1 aromatic rings. The van der Waals surface area contributed by atoms with Crippen LogP contribution in [0.1, 0.15) is 10.4 Å².